The van der Waals surface area contributed by atoms with Gasteiger partial charge < -0.3 is 5.32 Å². The SMILES string of the molecule is Cc1ccc([N+](=O)[O-])cc1NC(=O)Cn1ccc(C(F)(F)F)n1. The lowest BCUT2D eigenvalue weighted by Gasteiger charge is -2.08. The molecule has 7 nitrogen and oxygen atoms in total. The number of hydrogen-bond donors (Lipinski definition) is 1. The number of rotatable bonds is 4. The van der Waals surface area contributed by atoms with Crippen molar-refractivity contribution in [1.82, 2.24) is 9.78 Å². The summed E-state index contributed by atoms with van der Waals surface area (Å²) < 4.78 is 38.1. The van der Waals surface area contributed by atoms with E-state index >= 15 is 0 Å². The number of nitrogens with one attached hydrogen (secondary N) is 1. The molecule has 122 valence electrons. The molecule has 0 radical (unpaired) electrons. The van der Waals surface area contributed by atoms with Gasteiger partial charge in [-0.1, -0.05) is 6.07 Å². The molecular formula is C13H11F3N4O3. The minimum atomic E-state index is -4.58. The third kappa shape index (κ3) is 4.05. The molecule has 0 bridgehead atoms. The molecule has 2 rings (SSSR count). The van der Waals surface area contributed by atoms with Gasteiger partial charge >= 0.3 is 6.18 Å². The van der Waals surface area contributed by atoms with Crippen LogP contribution in [0.3, 0.4) is 0 Å². The number of halogens is 3. The Morgan fingerprint density at radius 1 is 1.39 bits per heavy atom. The van der Waals surface area contributed by atoms with Gasteiger partial charge in [0.1, 0.15) is 6.54 Å². The number of alkyl halides is 3. The van der Waals surface area contributed by atoms with E-state index in [1.165, 1.54) is 18.2 Å². The third-order valence-electron chi connectivity index (χ3n) is 2.94. The first-order valence-corrected chi connectivity index (χ1v) is 6.32. The topological polar surface area (TPSA) is 90.1 Å². The Balaban J connectivity index is 2.09. The van der Waals surface area contributed by atoms with Crippen LogP contribution in [0.25, 0.3) is 0 Å². The molecule has 23 heavy (non-hydrogen) atoms. The van der Waals surface area contributed by atoms with Gasteiger partial charge in [-0.3, -0.25) is 19.6 Å². The van der Waals surface area contributed by atoms with E-state index in [-0.39, 0.29) is 11.4 Å². The van der Waals surface area contributed by atoms with Crippen molar-refractivity contribution in [2.24, 2.45) is 0 Å². The fraction of sp³-hybridized carbons (Fsp3) is 0.231. The molecule has 2 aromatic rings. The highest BCUT2D eigenvalue weighted by Crippen LogP contribution is 2.27. The average molecular weight is 328 g/mol. The molecule has 0 atom stereocenters. The van der Waals surface area contributed by atoms with E-state index < -0.39 is 29.2 Å². The fourth-order valence-corrected chi connectivity index (χ4v) is 1.80. The lowest BCUT2D eigenvalue weighted by Crippen LogP contribution is -2.20. The Hall–Kier alpha value is -2.91. The molecule has 0 aliphatic heterocycles. The molecule has 0 unspecified atom stereocenters. The second-order valence-corrected chi connectivity index (χ2v) is 4.70. The van der Waals surface area contributed by atoms with Crippen molar-refractivity contribution < 1.29 is 22.9 Å². The van der Waals surface area contributed by atoms with Gasteiger partial charge in [-0.05, 0) is 18.6 Å². The Kier molecular flexibility index (Phi) is 4.34. The Morgan fingerprint density at radius 3 is 2.65 bits per heavy atom. The summed E-state index contributed by atoms with van der Waals surface area (Å²) in [5.74, 6) is -0.648. The lowest BCUT2D eigenvalue weighted by atomic mass is 10.2. The molecule has 1 aromatic carbocycles. The summed E-state index contributed by atoms with van der Waals surface area (Å²) >= 11 is 0. The van der Waals surface area contributed by atoms with Crippen molar-refractivity contribution in [3.05, 3.63) is 51.8 Å². The number of anilines is 1. The first kappa shape index (κ1) is 16.5. The maximum absolute atomic E-state index is 12.4. The Morgan fingerprint density at radius 2 is 2.09 bits per heavy atom. The van der Waals surface area contributed by atoms with E-state index in [0.29, 0.717) is 5.56 Å². The highest BCUT2D eigenvalue weighted by molar-refractivity contribution is 5.91. The van der Waals surface area contributed by atoms with Gasteiger partial charge in [0.25, 0.3) is 5.69 Å². The first-order chi connectivity index (χ1) is 10.7. The van der Waals surface area contributed by atoms with Crippen LogP contribution < -0.4 is 5.32 Å². The molecule has 0 spiro atoms. The van der Waals surface area contributed by atoms with Crippen molar-refractivity contribution in [2.75, 3.05) is 5.32 Å². The zero-order valence-corrected chi connectivity index (χ0v) is 11.8. The van der Waals surface area contributed by atoms with Crippen LogP contribution in [-0.4, -0.2) is 20.6 Å². The number of nitro groups is 1. The number of non-ortho nitro benzene ring substituents is 1. The Bertz CT molecular complexity index is 755. The van der Waals surface area contributed by atoms with Crippen molar-refractivity contribution in [3.63, 3.8) is 0 Å². The van der Waals surface area contributed by atoms with Crippen molar-refractivity contribution in [1.29, 1.82) is 0 Å². The van der Waals surface area contributed by atoms with Crippen LogP contribution in [-0.2, 0) is 17.5 Å². The fourth-order valence-electron chi connectivity index (χ4n) is 1.80. The number of carbonyl (C=O) groups is 1. The molecule has 0 aliphatic rings. The predicted molar refractivity (Wildman–Crippen MR) is 73.7 cm³/mol. The Labute approximate surface area is 127 Å². The molecular weight excluding hydrogens is 317 g/mol. The maximum atomic E-state index is 12.4. The van der Waals surface area contributed by atoms with Crippen LogP contribution in [0.15, 0.2) is 30.5 Å². The van der Waals surface area contributed by atoms with Crippen LogP contribution in [0.4, 0.5) is 24.5 Å². The second-order valence-electron chi connectivity index (χ2n) is 4.70. The van der Waals surface area contributed by atoms with E-state index in [4.69, 9.17) is 0 Å². The second kappa shape index (κ2) is 6.07. The third-order valence-corrected chi connectivity index (χ3v) is 2.94. The van der Waals surface area contributed by atoms with E-state index in [1.807, 2.05) is 0 Å². The number of benzene rings is 1. The largest absolute Gasteiger partial charge is 0.435 e. The number of nitrogens with zero attached hydrogens (tertiary/aromatic N) is 3. The molecule has 0 aliphatic carbocycles. The predicted octanol–water partition coefficient (Wildman–Crippen LogP) is 2.76. The average Bonchev–Trinajstić information content (AvgIpc) is 2.89. The summed E-state index contributed by atoms with van der Waals surface area (Å²) in [6, 6.07) is 4.68. The summed E-state index contributed by atoms with van der Waals surface area (Å²) in [6.07, 6.45) is -3.55. The summed E-state index contributed by atoms with van der Waals surface area (Å²) in [4.78, 5) is 21.9. The van der Waals surface area contributed by atoms with Gasteiger partial charge in [0.15, 0.2) is 5.69 Å². The molecule has 1 N–H and O–H groups in total. The zero-order valence-electron chi connectivity index (χ0n) is 11.8. The molecule has 1 amide bonds. The van der Waals surface area contributed by atoms with Crippen molar-refractivity contribution >= 4 is 17.3 Å². The first-order valence-electron chi connectivity index (χ1n) is 6.32. The quantitative estimate of drug-likeness (QED) is 0.690. The van der Waals surface area contributed by atoms with Crippen molar-refractivity contribution in [2.45, 2.75) is 19.6 Å². The normalized spacial score (nSPS) is 11.3. The van der Waals surface area contributed by atoms with Gasteiger partial charge in [-0.25, -0.2) is 0 Å². The number of aromatic nitrogens is 2. The number of carbonyl (C=O) groups excluding carboxylic acids is 1. The monoisotopic (exact) mass is 328 g/mol. The smallest absolute Gasteiger partial charge is 0.324 e. The van der Waals surface area contributed by atoms with Gasteiger partial charge in [0.2, 0.25) is 5.91 Å². The van der Waals surface area contributed by atoms with Gasteiger partial charge in [-0.15, -0.1) is 0 Å². The summed E-state index contributed by atoms with van der Waals surface area (Å²) in [7, 11) is 0. The summed E-state index contributed by atoms with van der Waals surface area (Å²) in [5, 5.41) is 16.4. The minimum Gasteiger partial charge on any atom is -0.324 e. The number of nitro benzene ring substituents is 1. The van der Waals surface area contributed by atoms with Crippen LogP contribution in [0.1, 0.15) is 11.3 Å². The van der Waals surface area contributed by atoms with Crippen LogP contribution in [0.2, 0.25) is 0 Å². The lowest BCUT2D eigenvalue weighted by molar-refractivity contribution is -0.384. The molecule has 0 saturated carbocycles. The number of hydrogen-bond acceptors (Lipinski definition) is 4. The molecule has 0 saturated heterocycles. The molecule has 0 fully saturated rings. The van der Waals surface area contributed by atoms with E-state index in [2.05, 4.69) is 10.4 Å². The van der Waals surface area contributed by atoms with E-state index in [0.717, 1.165) is 16.9 Å². The number of amides is 1. The van der Waals surface area contributed by atoms with E-state index in [1.54, 1.807) is 6.92 Å². The summed E-state index contributed by atoms with van der Waals surface area (Å²) in [6.45, 7) is 1.19. The molecule has 1 heterocycles. The highest BCUT2D eigenvalue weighted by Gasteiger charge is 2.33. The molecule has 10 heteroatoms. The van der Waals surface area contributed by atoms with Gasteiger partial charge in [0.05, 0.1) is 10.6 Å². The summed E-state index contributed by atoms with van der Waals surface area (Å²) in [5.41, 5.74) is -0.506. The zero-order chi connectivity index (χ0) is 17.2. The maximum Gasteiger partial charge on any atom is 0.435 e. The standard InChI is InChI=1S/C13H11F3N4O3/c1-8-2-3-9(20(22)23)6-10(8)17-12(21)7-19-5-4-11(18-19)13(14,15)16/h2-6H,7H2,1H3,(H,17,21). The van der Waals surface area contributed by atoms with Crippen LogP contribution in [0.5, 0.6) is 0 Å². The van der Waals surface area contributed by atoms with E-state index in [9.17, 15) is 28.1 Å². The van der Waals surface area contributed by atoms with Crippen molar-refractivity contribution in [3.8, 4) is 0 Å². The molecule has 1 aromatic heterocycles. The minimum absolute atomic E-state index is 0.204. The van der Waals surface area contributed by atoms with Crippen LogP contribution >= 0.6 is 0 Å². The highest BCUT2D eigenvalue weighted by atomic mass is 19.4. The van der Waals surface area contributed by atoms with Crippen LogP contribution in [0, 0.1) is 17.0 Å². The van der Waals surface area contributed by atoms with Gasteiger partial charge in [-0.2, -0.15) is 18.3 Å². The van der Waals surface area contributed by atoms with Gasteiger partial charge in [0, 0.05) is 18.3 Å². The number of aryl methyl sites for hydroxylation is 1.